The summed E-state index contributed by atoms with van der Waals surface area (Å²) < 4.78 is 0. The summed E-state index contributed by atoms with van der Waals surface area (Å²) in [5.41, 5.74) is 1.35. The fourth-order valence-corrected chi connectivity index (χ4v) is 1.86. The van der Waals surface area contributed by atoms with Gasteiger partial charge in [0.05, 0.1) is 0 Å². The van der Waals surface area contributed by atoms with E-state index in [0.717, 1.165) is 12.8 Å². The predicted molar refractivity (Wildman–Crippen MR) is 63.9 cm³/mol. The van der Waals surface area contributed by atoms with E-state index in [1.165, 1.54) is 5.56 Å². The van der Waals surface area contributed by atoms with E-state index in [1.807, 2.05) is 13.0 Å². The van der Waals surface area contributed by atoms with E-state index in [0.29, 0.717) is 11.7 Å². The molecule has 82 valence electrons. The van der Waals surface area contributed by atoms with Gasteiger partial charge in [-0.1, -0.05) is 44.2 Å². The van der Waals surface area contributed by atoms with Crippen molar-refractivity contribution in [3.05, 3.63) is 35.9 Å². The minimum Gasteiger partial charge on any atom is -0.300 e. The molecule has 0 aliphatic rings. The second-order valence-corrected chi connectivity index (χ2v) is 4.26. The molecule has 0 amide bonds. The van der Waals surface area contributed by atoms with Crippen LogP contribution in [0.25, 0.3) is 0 Å². The summed E-state index contributed by atoms with van der Waals surface area (Å²) in [7, 11) is 0. The molecular weight excluding hydrogens is 184 g/mol. The molecule has 15 heavy (non-hydrogen) atoms. The first-order valence-electron chi connectivity index (χ1n) is 5.70. The fourth-order valence-electron chi connectivity index (χ4n) is 1.86. The average Bonchev–Trinajstić information content (AvgIpc) is 2.26. The van der Waals surface area contributed by atoms with Gasteiger partial charge in [-0.2, -0.15) is 0 Å². The summed E-state index contributed by atoms with van der Waals surface area (Å²) in [5.74, 6) is 0.990. The van der Waals surface area contributed by atoms with Crippen molar-refractivity contribution in [2.75, 3.05) is 0 Å². The van der Waals surface area contributed by atoms with Crippen molar-refractivity contribution in [1.29, 1.82) is 0 Å². The normalized spacial score (nSPS) is 14.6. The molecule has 2 unspecified atom stereocenters. The molecule has 0 aliphatic heterocycles. The maximum atomic E-state index is 11.2. The van der Waals surface area contributed by atoms with E-state index in [1.54, 1.807) is 6.92 Å². The van der Waals surface area contributed by atoms with Crippen LogP contribution in [0.15, 0.2) is 30.3 Å². The van der Waals surface area contributed by atoms with Crippen LogP contribution in [0.3, 0.4) is 0 Å². The number of carbonyl (C=O) groups is 1. The summed E-state index contributed by atoms with van der Waals surface area (Å²) >= 11 is 0. The van der Waals surface area contributed by atoms with Crippen LogP contribution in [0.5, 0.6) is 0 Å². The predicted octanol–water partition coefficient (Wildman–Crippen LogP) is 3.80. The third-order valence-electron chi connectivity index (χ3n) is 3.10. The van der Waals surface area contributed by atoms with Gasteiger partial charge in [-0.05, 0) is 31.2 Å². The van der Waals surface area contributed by atoms with Crippen LogP contribution in [0.4, 0.5) is 0 Å². The van der Waals surface area contributed by atoms with Gasteiger partial charge < -0.3 is 0 Å². The Morgan fingerprint density at radius 2 is 1.87 bits per heavy atom. The van der Waals surface area contributed by atoms with Gasteiger partial charge >= 0.3 is 0 Å². The van der Waals surface area contributed by atoms with Crippen molar-refractivity contribution in [1.82, 2.24) is 0 Å². The van der Waals surface area contributed by atoms with Gasteiger partial charge in [0, 0.05) is 5.92 Å². The maximum Gasteiger partial charge on any atom is 0.132 e. The standard InChI is InChI=1S/C14H20O/c1-4-13(10-11(2)12(3)15)14-8-6-5-7-9-14/h5-9,11,13H,4,10H2,1-3H3. The van der Waals surface area contributed by atoms with E-state index >= 15 is 0 Å². The number of rotatable bonds is 5. The molecular formula is C14H20O. The van der Waals surface area contributed by atoms with Crippen molar-refractivity contribution in [2.24, 2.45) is 5.92 Å². The van der Waals surface area contributed by atoms with Gasteiger partial charge in [0.15, 0.2) is 0 Å². The molecule has 1 heteroatoms. The monoisotopic (exact) mass is 204 g/mol. The average molecular weight is 204 g/mol. The van der Waals surface area contributed by atoms with Crippen molar-refractivity contribution >= 4 is 5.78 Å². The lowest BCUT2D eigenvalue weighted by Crippen LogP contribution is -2.11. The Bertz CT molecular complexity index is 302. The first-order valence-corrected chi connectivity index (χ1v) is 5.70. The van der Waals surface area contributed by atoms with E-state index < -0.39 is 0 Å². The lowest BCUT2D eigenvalue weighted by atomic mass is 9.86. The van der Waals surface area contributed by atoms with Crippen LogP contribution in [0.1, 0.15) is 45.1 Å². The molecule has 0 radical (unpaired) electrons. The van der Waals surface area contributed by atoms with E-state index in [-0.39, 0.29) is 5.92 Å². The third kappa shape index (κ3) is 3.50. The summed E-state index contributed by atoms with van der Waals surface area (Å²) in [6.07, 6.45) is 2.07. The molecule has 2 atom stereocenters. The molecule has 0 spiro atoms. The van der Waals surface area contributed by atoms with Crippen LogP contribution in [-0.2, 0) is 4.79 Å². The largest absolute Gasteiger partial charge is 0.300 e. The Labute approximate surface area is 92.5 Å². The van der Waals surface area contributed by atoms with Gasteiger partial charge in [0.2, 0.25) is 0 Å². The Hall–Kier alpha value is -1.11. The van der Waals surface area contributed by atoms with Gasteiger partial charge in [0.1, 0.15) is 5.78 Å². The summed E-state index contributed by atoms with van der Waals surface area (Å²) in [6, 6.07) is 10.5. The fraction of sp³-hybridized carbons (Fsp3) is 0.500. The molecule has 0 fully saturated rings. The zero-order valence-electron chi connectivity index (χ0n) is 9.86. The minimum atomic E-state index is 0.176. The minimum absolute atomic E-state index is 0.176. The Balaban J connectivity index is 2.69. The van der Waals surface area contributed by atoms with Crippen LogP contribution >= 0.6 is 0 Å². The Morgan fingerprint density at radius 1 is 1.27 bits per heavy atom. The molecule has 0 aromatic heterocycles. The Morgan fingerprint density at radius 3 is 2.33 bits per heavy atom. The van der Waals surface area contributed by atoms with Crippen molar-refractivity contribution < 1.29 is 4.79 Å². The van der Waals surface area contributed by atoms with E-state index in [9.17, 15) is 4.79 Å². The highest BCUT2D eigenvalue weighted by molar-refractivity contribution is 5.77. The number of ketones is 1. The first-order chi connectivity index (χ1) is 7.15. The van der Waals surface area contributed by atoms with Crippen LogP contribution in [0, 0.1) is 5.92 Å². The number of benzene rings is 1. The second-order valence-electron chi connectivity index (χ2n) is 4.26. The van der Waals surface area contributed by atoms with E-state index in [4.69, 9.17) is 0 Å². The smallest absolute Gasteiger partial charge is 0.132 e. The topological polar surface area (TPSA) is 17.1 Å². The summed E-state index contributed by atoms with van der Waals surface area (Å²) in [6.45, 7) is 5.89. The molecule has 0 N–H and O–H groups in total. The highest BCUT2D eigenvalue weighted by Crippen LogP contribution is 2.26. The highest BCUT2D eigenvalue weighted by Gasteiger charge is 2.15. The SMILES string of the molecule is CCC(CC(C)C(C)=O)c1ccccc1. The molecule has 0 heterocycles. The summed E-state index contributed by atoms with van der Waals surface area (Å²) in [4.78, 5) is 11.2. The van der Waals surface area contributed by atoms with Crippen LogP contribution < -0.4 is 0 Å². The Kier molecular flexibility index (Phi) is 4.54. The molecule has 1 rings (SSSR count). The first kappa shape index (κ1) is 12.0. The van der Waals surface area contributed by atoms with Crippen molar-refractivity contribution in [3.8, 4) is 0 Å². The highest BCUT2D eigenvalue weighted by atomic mass is 16.1. The molecule has 1 aromatic carbocycles. The van der Waals surface area contributed by atoms with Gasteiger partial charge in [-0.3, -0.25) is 4.79 Å². The van der Waals surface area contributed by atoms with Gasteiger partial charge in [-0.15, -0.1) is 0 Å². The molecule has 0 saturated heterocycles. The van der Waals surface area contributed by atoms with Crippen LogP contribution in [0.2, 0.25) is 0 Å². The number of carbonyl (C=O) groups excluding carboxylic acids is 1. The lowest BCUT2D eigenvalue weighted by molar-refractivity contribution is -0.120. The summed E-state index contributed by atoms with van der Waals surface area (Å²) in [5, 5.41) is 0. The third-order valence-corrected chi connectivity index (χ3v) is 3.10. The number of hydrogen-bond acceptors (Lipinski definition) is 1. The number of Topliss-reactive ketones (excluding diaryl/α,β-unsaturated/α-hetero) is 1. The van der Waals surface area contributed by atoms with Crippen molar-refractivity contribution in [2.45, 2.75) is 39.5 Å². The number of hydrogen-bond donors (Lipinski definition) is 0. The maximum absolute atomic E-state index is 11.2. The van der Waals surface area contributed by atoms with E-state index in [2.05, 4.69) is 31.2 Å². The van der Waals surface area contributed by atoms with Crippen molar-refractivity contribution in [3.63, 3.8) is 0 Å². The molecule has 0 saturated carbocycles. The molecule has 0 aliphatic carbocycles. The van der Waals surface area contributed by atoms with Crippen LogP contribution in [-0.4, -0.2) is 5.78 Å². The zero-order valence-corrected chi connectivity index (χ0v) is 9.86. The lowest BCUT2D eigenvalue weighted by Gasteiger charge is -2.18. The second kappa shape index (κ2) is 5.69. The molecule has 1 nitrogen and oxygen atoms in total. The van der Waals surface area contributed by atoms with Gasteiger partial charge in [-0.25, -0.2) is 0 Å². The van der Waals surface area contributed by atoms with Gasteiger partial charge in [0.25, 0.3) is 0 Å². The molecule has 1 aromatic rings. The molecule has 0 bridgehead atoms. The zero-order chi connectivity index (χ0) is 11.3. The quantitative estimate of drug-likeness (QED) is 0.713.